The quantitative estimate of drug-likeness (QED) is 0.653. The second kappa shape index (κ2) is 8.37. The van der Waals surface area contributed by atoms with Gasteiger partial charge < -0.3 is 4.90 Å². The van der Waals surface area contributed by atoms with Gasteiger partial charge in [-0.15, -0.1) is 0 Å². The van der Waals surface area contributed by atoms with E-state index in [2.05, 4.69) is 95.0 Å². The topological polar surface area (TPSA) is 6.48 Å². The molecular formula is C22H29BrN2. The highest BCUT2D eigenvalue weighted by Gasteiger charge is 2.28. The van der Waals surface area contributed by atoms with Crippen molar-refractivity contribution < 1.29 is 0 Å². The highest BCUT2D eigenvalue weighted by atomic mass is 79.9. The maximum Gasteiger partial charge on any atom is 0.0420 e. The molecule has 0 aliphatic carbocycles. The lowest BCUT2D eigenvalue weighted by Gasteiger charge is -2.44. The van der Waals surface area contributed by atoms with E-state index in [0.717, 1.165) is 26.2 Å². The van der Waals surface area contributed by atoms with E-state index in [4.69, 9.17) is 0 Å². The molecule has 0 spiro atoms. The van der Waals surface area contributed by atoms with E-state index in [-0.39, 0.29) is 0 Å². The third-order valence-corrected chi connectivity index (χ3v) is 5.92. The number of piperazine rings is 1. The number of anilines is 1. The van der Waals surface area contributed by atoms with E-state index >= 15 is 0 Å². The van der Waals surface area contributed by atoms with Crippen LogP contribution in [0.25, 0.3) is 0 Å². The average molecular weight is 401 g/mol. The smallest absolute Gasteiger partial charge is 0.0420 e. The highest BCUT2D eigenvalue weighted by Crippen LogP contribution is 2.28. The van der Waals surface area contributed by atoms with Crippen molar-refractivity contribution in [1.82, 2.24) is 4.90 Å². The van der Waals surface area contributed by atoms with Crippen LogP contribution in [0.4, 0.5) is 5.69 Å². The van der Waals surface area contributed by atoms with E-state index in [0.29, 0.717) is 12.0 Å². The standard InChI is InChI=1S/C22H29BrN2/c1-17(2)13-21-16-24(15-19-7-5-4-6-8-19)11-12-25(21)20-9-10-22(23)18(3)14-20/h4-10,14,17,21H,11-13,15-16H2,1-3H3/t21-/m0/s1. The van der Waals surface area contributed by atoms with Crippen molar-refractivity contribution in [3.63, 3.8) is 0 Å². The summed E-state index contributed by atoms with van der Waals surface area (Å²) >= 11 is 3.63. The molecule has 0 N–H and O–H groups in total. The lowest BCUT2D eigenvalue weighted by molar-refractivity contribution is 0.202. The first-order valence-electron chi connectivity index (χ1n) is 9.32. The first kappa shape index (κ1) is 18.5. The molecule has 3 rings (SSSR count). The van der Waals surface area contributed by atoms with Crippen LogP contribution in [0.15, 0.2) is 53.0 Å². The number of hydrogen-bond donors (Lipinski definition) is 0. The van der Waals surface area contributed by atoms with Gasteiger partial charge in [0.2, 0.25) is 0 Å². The van der Waals surface area contributed by atoms with Crippen molar-refractivity contribution in [1.29, 1.82) is 0 Å². The van der Waals surface area contributed by atoms with Crippen LogP contribution in [0.2, 0.25) is 0 Å². The summed E-state index contributed by atoms with van der Waals surface area (Å²) in [5.41, 5.74) is 4.09. The van der Waals surface area contributed by atoms with Crippen molar-refractivity contribution in [3.05, 3.63) is 64.1 Å². The van der Waals surface area contributed by atoms with Crippen LogP contribution in [0.5, 0.6) is 0 Å². The minimum Gasteiger partial charge on any atom is -0.366 e. The number of hydrogen-bond acceptors (Lipinski definition) is 2. The molecule has 25 heavy (non-hydrogen) atoms. The van der Waals surface area contributed by atoms with Gasteiger partial charge in [0.25, 0.3) is 0 Å². The maximum absolute atomic E-state index is 3.63. The SMILES string of the molecule is Cc1cc(N2CCN(Cc3ccccc3)C[C@@H]2CC(C)C)ccc1Br. The van der Waals surface area contributed by atoms with Crippen LogP contribution >= 0.6 is 15.9 Å². The summed E-state index contributed by atoms with van der Waals surface area (Å²) in [7, 11) is 0. The van der Waals surface area contributed by atoms with E-state index in [1.54, 1.807) is 0 Å². The minimum absolute atomic E-state index is 0.582. The number of nitrogens with zero attached hydrogens (tertiary/aromatic N) is 2. The van der Waals surface area contributed by atoms with Gasteiger partial charge >= 0.3 is 0 Å². The number of aryl methyl sites for hydroxylation is 1. The molecule has 1 heterocycles. The number of rotatable bonds is 5. The van der Waals surface area contributed by atoms with Crippen LogP contribution in [0.1, 0.15) is 31.4 Å². The second-order valence-electron chi connectivity index (χ2n) is 7.63. The summed E-state index contributed by atoms with van der Waals surface area (Å²) in [4.78, 5) is 5.24. The highest BCUT2D eigenvalue weighted by molar-refractivity contribution is 9.10. The monoisotopic (exact) mass is 400 g/mol. The van der Waals surface area contributed by atoms with Gasteiger partial charge in [-0.2, -0.15) is 0 Å². The summed E-state index contributed by atoms with van der Waals surface area (Å²) in [5.74, 6) is 0.709. The van der Waals surface area contributed by atoms with E-state index in [9.17, 15) is 0 Å². The Hall–Kier alpha value is -1.32. The van der Waals surface area contributed by atoms with Gasteiger partial charge in [0.05, 0.1) is 0 Å². The summed E-state index contributed by atoms with van der Waals surface area (Å²) in [5, 5.41) is 0. The zero-order valence-corrected chi connectivity index (χ0v) is 17.2. The molecule has 1 aliphatic rings. The molecule has 134 valence electrons. The third-order valence-electron chi connectivity index (χ3n) is 5.03. The molecule has 2 aromatic carbocycles. The van der Waals surface area contributed by atoms with Gasteiger partial charge in [0.15, 0.2) is 0 Å². The Kier molecular flexibility index (Phi) is 6.19. The zero-order valence-electron chi connectivity index (χ0n) is 15.6. The first-order valence-corrected chi connectivity index (χ1v) is 10.1. The Balaban J connectivity index is 1.75. The average Bonchev–Trinajstić information content (AvgIpc) is 2.58. The van der Waals surface area contributed by atoms with E-state index in [1.807, 2.05) is 0 Å². The zero-order chi connectivity index (χ0) is 17.8. The van der Waals surface area contributed by atoms with E-state index in [1.165, 1.54) is 27.7 Å². The van der Waals surface area contributed by atoms with Crippen molar-refractivity contribution in [2.75, 3.05) is 24.5 Å². The third kappa shape index (κ3) is 4.86. The van der Waals surface area contributed by atoms with Gasteiger partial charge in [0.1, 0.15) is 0 Å². The lowest BCUT2D eigenvalue weighted by atomic mass is 9.98. The Bertz CT molecular complexity index is 684. The number of benzene rings is 2. The largest absolute Gasteiger partial charge is 0.366 e. The van der Waals surface area contributed by atoms with Crippen LogP contribution in [0, 0.1) is 12.8 Å². The van der Waals surface area contributed by atoms with Crippen LogP contribution in [0.3, 0.4) is 0 Å². The molecule has 0 saturated carbocycles. The molecule has 1 saturated heterocycles. The molecule has 3 heteroatoms. The van der Waals surface area contributed by atoms with Gasteiger partial charge in [-0.25, -0.2) is 0 Å². The van der Waals surface area contributed by atoms with Crippen molar-refractivity contribution in [2.45, 2.75) is 39.8 Å². The van der Waals surface area contributed by atoms with Crippen molar-refractivity contribution in [3.8, 4) is 0 Å². The van der Waals surface area contributed by atoms with Crippen molar-refractivity contribution >= 4 is 21.6 Å². The maximum atomic E-state index is 3.63. The van der Waals surface area contributed by atoms with Crippen molar-refractivity contribution in [2.24, 2.45) is 5.92 Å². The molecule has 0 bridgehead atoms. The molecule has 0 unspecified atom stereocenters. The second-order valence-corrected chi connectivity index (χ2v) is 8.49. The molecular weight excluding hydrogens is 372 g/mol. The summed E-state index contributed by atoms with van der Waals surface area (Å²) in [6, 6.07) is 18.2. The molecule has 0 radical (unpaired) electrons. The Morgan fingerprint density at radius 1 is 1.08 bits per heavy atom. The molecule has 1 atom stereocenters. The fraction of sp³-hybridized carbons (Fsp3) is 0.455. The van der Waals surface area contributed by atoms with Gasteiger partial charge in [-0.3, -0.25) is 4.90 Å². The molecule has 0 amide bonds. The Morgan fingerprint density at radius 2 is 1.84 bits per heavy atom. The summed E-state index contributed by atoms with van der Waals surface area (Å²) in [6.45, 7) is 11.3. The normalized spacial score (nSPS) is 18.8. The fourth-order valence-electron chi connectivity index (χ4n) is 3.80. The van der Waals surface area contributed by atoms with Crippen LogP contribution < -0.4 is 4.90 Å². The Labute approximate surface area is 161 Å². The molecule has 1 fully saturated rings. The molecule has 1 aliphatic heterocycles. The predicted octanol–water partition coefficient (Wildman–Crippen LogP) is 5.49. The van der Waals surface area contributed by atoms with Gasteiger partial charge in [-0.1, -0.05) is 60.1 Å². The number of halogens is 1. The molecule has 0 aromatic heterocycles. The Morgan fingerprint density at radius 3 is 2.52 bits per heavy atom. The van der Waals surface area contributed by atoms with Gasteiger partial charge in [0, 0.05) is 42.4 Å². The van der Waals surface area contributed by atoms with E-state index < -0.39 is 0 Å². The lowest BCUT2D eigenvalue weighted by Crippen LogP contribution is -2.53. The van der Waals surface area contributed by atoms with Crippen LogP contribution in [-0.2, 0) is 6.54 Å². The predicted molar refractivity (Wildman–Crippen MR) is 111 cm³/mol. The minimum atomic E-state index is 0.582. The summed E-state index contributed by atoms with van der Waals surface area (Å²) in [6.07, 6.45) is 1.24. The first-order chi connectivity index (χ1) is 12.0. The molecule has 2 nitrogen and oxygen atoms in total. The summed E-state index contributed by atoms with van der Waals surface area (Å²) < 4.78 is 1.19. The molecule has 2 aromatic rings. The van der Waals surface area contributed by atoms with Crippen LogP contribution in [-0.4, -0.2) is 30.6 Å². The van der Waals surface area contributed by atoms with Gasteiger partial charge in [-0.05, 0) is 48.6 Å². The fourth-order valence-corrected chi connectivity index (χ4v) is 4.04.